The van der Waals surface area contributed by atoms with E-state index in [2.05, 4.69) is 10.3 Å². The summed E-state index contributed by atoms with van der Waals surface area (Å²) in [6, 6.07) is 15.6. The third-order valence-electron chi connectivity index (χ3n) is 3.96. The molecule has 6 nitrogen and oxygen atoms in total. The summed E-state index contributed by atoms with van der Waals surface area (Å²) >= 11 is 0. The zero-order valence-electron chi connectivity index (χ0n) is 14.1. The number of rotatable bonds is 5. The first-order chi connectivity index (χ1) is 12.2. The second-order valence-corrected chi connectivity index (χ2v) is 5.74. The van der Waals surface area contributed by atoms with Crippen LogP contribution in [0.2, 0.25) is 0 Å². The molecule has 0 atom stereocenters. The molecule has 0 saturated heterocycles. The van der Waals surface area contributed by atoms with Crippen molar-refractivity contribution in [3.05, 3.63) is 66.2 Å². The summed E-state index contributed by atoms with van der Waals surface area (Å²) in [6.45, 7) is 2.56. The van der Waals surface area contributed by atoms with Crippen molar-refractivity contribution in [3.63, 3.8) is 0 Å². The van der Waals surface area contributed by atoms with E-state index < -0.39 is 0 Å². The van der Waals surface area contributed by atoms with Crippen LogP contribution < -0.4 is 10.1 Å². The fourth-order valence-corrected chi connectivity index (χ4v) is 2.72. The van der Waals surface area contributed by atoms with E-state index in [0.29, 0.717) is 6.54 Å². The molecule has 4 rings (SSSR count). The molecule has 0 unspecified atom stereocenters. The molecule has 0 saturated carbocycles. The molecular formula is C19H18N4O2. The Morgan fingerprint density at radius 3 is 2.72 bits per heavy atom. The van der Waals surface area contributed by atoms with E-state index in [9.17, 15) is 0 Å². The van der Waals surface area contributed by atoms with Gasteiger partial charge in [0.15, 0.2) is 5.65 Å². The lowest BCUT2D eigenvalue weighted by Gasteiger charge is -2.07. The summed E-state index contributed by atoms with van der Waals surface area (Å²) in [6.07, 6.45) is 1.67. The van der Waals surface area contributed by atoms with E-state index in [4.69, 9.17) is 14.3 Å². The maximum absolute atomic E-state index is 5.37. The summed E-state index contributed by atoms with van der Waals surface area (Å²) in [7, 11) is 1.66. The van der Waals surface area contributed by atoms with Crippen LogP contribution in [0.25, 0.3) is 16.9 Å². The van der Waals surface area contributed by atoms with Crippen LogP contribution in [0, 0.1) is 6.92 Å². The van der Waals surface area contributed by atoms with Gasteiger partial charge in [0, 0.05) is 23.4 Å². The Kier molecular flexibility index (Phi) is 3.85. The molecule has 0 fully saturated rings. The number of anilines is 1. The van der Waals surface area contributed by atoms with Crippen molar-refractivity contribution >= 4 is 11.5 Å². The minimum Gasteiger partial charge on any atom is -0.497 e. The van der Waals surface area contributed by atoms with Crippen molar-refractivity contribution in [2.45, 2.75) is 13.5 Å². The lowest BCUT2D eigenvalue weighted by atomic mass is 10.1. The standard InChI is InChI=1S/C19H18N4O2/c1-13-10-18(20-12-16-4-3-9-25-16)23-19(21-13)11-17(22-23)14-5-7-15(24-2)8-6-14/h3-11,20H,12H2,1-2H3. The SMILES string of the molecule is COc1ccc(-c2cc3nc(C)cc(NCc4ccco4)n3n2)cc1. The van der Waals surface area contributed by atoms with Crippen LogP contribution in [0.15, 0.2) is 59.2 Å². The number of nitrogens with one attached hydrogen (secondary N) is 1. The minimum absolute atomic E-state index is 0.587. The second-order valence-electron chi connectivity index (χ2n) is 5.74. The molecule has 6 heteroatoms. The van der Waals surface area contributed by atoms with Gasteiger partial charge >= 0.3 is 0 Å². The summed E-state index contributed by atoms with van der Waals surface area (Å²) in [5.41, 5.74) is 3.60. The normalized spacial score (nSPS) is 11.0. The number of fused-ring (bicyclic) bond motifs is 1. The number of hydrogen-bond acceptors (Lipinski definition) is 5. The lowest BCUT2D eigenvalue weighted by Crippen LogP contribution is -2.06. The number of ether oxygens (including phenoxy) is 1. The predicted octanol–water partition coefficient (Wildman–Crippen LogP) is 3.92. The van der Waals surface area contributed by atoms with Crippen LogP contribution >= 0.6 is 0 Å². The van der Waals surface area contributed by atoms with Crippen molar-refractivity contribution in [3.8, 4) is 17.0 Å². The molecule has 3 aromatic heterocycles. The van der Waals surface area contributed by atoms with E-state index in [0.717, 1.165) is 39.9 Å². The molecule has 0 spiro atoms. The number of nitrogens with zero attached hydrogens (tertiary/aromatic N) is 3. The third kappa shape index (κ3) is 3.06. The van der Waals surface area contributed by atoms with Crippen molar-refractivity contribution < 1.29 is 9.15 Å². The number of furan rings is 1. The van der Waals surface area contributed by atoms with E-state index in [1.165, 1.54) is 0 Å². The van der Waals surface area contributed by atoms with Gasteiger partial charge in [0.2, 0.25) is 0 Å². The number of aromatic nitrogens is 3. The molecule has 1 aromatic carbocycles. The first-order valence-electron chi connectivity index (χ1n) is 8.01. The van der Waals surface area contributed by atoms with Crippen LogP contribution in [0.3, 0.4) is 0 Å². The Hall–Kier alpha value is -3.28. The van der Waals surface area contributed by atoms with Crippen LogP contribution in [-0.4, -0.2) is 21.7 Å². The number of aryl methyl sites for hydroxylation is 1. The molecule has 4 aromatic rings. The zero-order valence-corrected chi connectivity index (χ0v) is 14.1. The highest BCUT2D eigenvalue weighted by atomic mass is 16.5. The van der Waals surface area contributed by atoms with E-state index in [1.807, 2.05) is 60.0 Å². The van der Waals surface area contributed by atoms with Gasteiger partial charge in [-0.2, -0.15) is 9.61 Å². The smallest absolute Gasteiger partial charge is 0.158 e. The molecule has 0 aliphatic carbocycles. The molecule has 0 radical (unpaired) electrons. The van der Waals surface area contributed by atoms with Gasteiger partial charge in [-0.05, 0) is 43.3 Å². The Morgan fingerprint density at radius 2 is 2.00 bits per heavy atom. The zero-order chi connectivity index (χ0) is 17.2. The van der Waals surface area contributed by atoms with Gasteiger partial charge in [-0.3, -0.25) is 0 Å². The average Bonchev–Trinajstić information content (AvgIpc) is 3.29. The van der Waals surface area contributed by atoms with Crippen molar-refractivity contribution in [2.75, 3.05) is 12.4 Å². The summed E-state index contributed by atoms with van der Waals surface area (Å²) < 4.78 is 12.4. The Balaban J connectivity index is 1.69. The number of hydrogen-bond donors (Lipinski definition) is 1. The summed E-state index contributed by atoms with van der Waals surface area (Å²) in [4.78, 5) is 4.57. The average molecular weight is 334 g/mol. The Bertz CT molecular complexity index is 988. The highest BCUT2D eigenvalue weighted by Crippen LogP contribution is 2.24. The first kappa shape index (κ1) is 15.3. The third-order valence-corrected chi connectivity index (χ3v) is 3.96. The van der Waals surface area contributed by atoms with Gasteiger partial charge in [0.25, 0.3) is 0 Å². The predicted molar refractivity (Wildman–Crippen MR) is 95.7 cm³/mol. The second kappa shape index (κ2) is 6.32. The topological polar surface area (TPSA) is 64.6 Å². The highest BCUT2D eigenvalue weighted by molar-refractivity contribution is 5.66. The minimum atomic E-state index is 0.587. The summed E-state index contributed by atoms with van der Waals surface area (Å²) in [5, 5.41) is 8.06. The number of methoxy groups -OCH3 is 1. The molecule has 0 aliphatic heterocycles. The highest BCUT2D eigenvalue weighted by Gasteiger charge is 2.10. The van der Waals surface area contributed by atoms with Crippen LogP contribution in [0.5, 0.6) is 5.75 Å². The van der Waals surface area contributed by atoms with Gasteiger partial charge in [0.1, 0.15) is 17.3 Å². The molecule has 126 valence electrons. The van der Waals surface area contributed by atoms with Crippen molar-refractivity contribution in [2.24, 2.45) is 0 Å². The van der Waals surface area contributed by atoms with Gasteiger partial charge in [-0.1, -0.05) is 0 Å². The fourth-order valence-electron chi connectivity index (χ4n) is 2.72. The first-order valence-corrected chi connectivity index (χ1v) is 8.01. The Labute approximate surface area is 145 Å². The van der Waals surface area contributed by atoms with Crippen molar-refractivity contribution in [1.29, 1.82) is 0 Å². The van der Waals surface area contributed by atoms with Gasteiger partial charge in [-0.25, -0.2) is 4.98 Å². The molecule has 3 heterocycles. The largest absolute Gasteiger partial charge is 0.497 e. The van der Waals surface area contributed by atoms with Gasteiger partial charge < -0.3 is 14.5 Å². The molecule has 1 N–H and O–H groups in total. The van der Waals surface area contributed by atoms with Crippen LogP contribution in [-0.2, 0) is 6.54 Å². The van der Waals surface area contributed by atoms with Crippen LogP contribution in [0.4, 0.5) is 5.82 Å². The quantitative estimate of drug-likeness (QED) is 0.599. The maximum atomic E-state index is 5.37. The van der Waals surface area contributed by atoms with E-state index in [1.54, 1.807) is 13.4 Å². The molecular weight excluding hydrogens is 316 g/mol. The monoisotopic (exact) mass is 334 g/mol. The number of benzene rings is 1. The van der Waals surface area contributed by atoms with Gasteiger partial charge in [0.05, 0.1) is 25.6 Å². The van der Waals surface area contributed by atoms with Gasteiger partial charge in [-0.15, -0.1) is 0 Å². The molecule has 25 heavy (non-hydrogen) atoms. The fraction of sp³-hybridized carbons (Fsp3) is 0.158. The lowest BCUT2D eigenvalue weighted by molar-refractivity contribution is 0.415. The molecule has 0 amide bonds. The van der Waals surface area contributed by atoms with Crippen molar-refractivity contribution in [1.82, 2.24) is 14.6 Å². The molecule has 0 bridgehead atoms. The molecule has 0 aliphatic rings. The van der Waals surface area contributed by atoms with Crippen LogP contribution in [0.1, 0.15) is 11.5 Å². The van der Waals surface area contributed by atoms with E-state index >= 15 is 0 Å². The summed E-state index contributed by atoms with van der Waals surface area (Å²) in [5.74, 6) is 2.56. The van der Waals surface area contributed by atoms with E-state index in [-0.39, 0.29) is 0 Å². The maximum Gasteiger partial charge on any atom is 0.158 e. The Morgan fingerprint density at radius 1 is 1.16 bits per heavy atom.